The van der Waals surface area contributed by atoms with Gasteiger partial charge in [0.05, 0.1) is 6.42 Å². The molecule has 0 bridgehead atoms. The Morgan fingerprint density at radius 1 is 1.17 bits per heavy atom. The van der Waals surface area contributed by atoms with Gasteiger partial charge in [0.2, 0.25) is 11.8 Å². The first-order valence-electron chi connectivity index (χ1n) is 6.90. The average Bonchev–Trinajstić information content (AvgIpc) is 3.00. The summed E-state index contributed by atoms with van der Waals surface area (Å²) in [6.07, 6.45) is -0.0666. The van der Waals surface area contributed by atoms with E-state index in [1.54, 1.807) is 18.2 Å². The number of amides is 2. The molecule has 0 saturated heterocycles. The molecule has 7 heteroatoms. The molecule has 1 atom stereocenters. The van der Waals surface area contributed by atoms with Crippen LogP contribution in [-0.4, -0.2) is 22.9 Å². The molecule has 1 aromatic carbocycles. The Morgan fingerprint density at radius 2 is 1.96 bits per heavy atom. The molecule has 0 saturated carbocycles. The van der Waals surface area contributed by atoms with E-state index in [-0.39, 0.29) is 24.7 Å². The van der Waals surface area contributed by atoms with Gasteiger partial charge in [-0.25, -0.2) is 0 Å². The summed E-state index contributed by atoms with van der Waals surface area (Å²) in [6.45, 7) is 0. The predicted octanol–water partition coefficient (Wildman–Crippen LogP) is 2.43. The predicted molar refractivity (Wildman–Crippen MR) is 87.5 cm³/mol. The Hall–Kier alpha value is -2.67. The van der Waals surface area contributed by atoms with Gasteiger partial charge in [-0.2, -0.15) is 0 Å². The number of carbonyl (C=O) groups is 3. The lowest BCUT2D eigenvalue weighted by atomic mass is 9.99. The van der Waals surface area contributed by atoms with Gasteiger partial charge in [0.1, 0.15) is 0 Å². The van der Waals surface area contributed by atoms with Gasteiger partial charge >= 0.3 is 5.97 Å². The molecule has 2 aromatic rings. The van der Waals surface area contributed by atoms with Crippen molar-refractivity contribution < 1.29 is 19.5 Å². The van der Waals surface area contributed by atoms with Crippen LogP contribution >= 0.6 is 11.3 Å². The molecule has 120 valence electrons. The Bertz CT molecular complexity index is 713. The minimum absolute atomic E-state index is 0.0492. The second kappa shape index (κ2) is 7.55. The maximum absolute atomic E-state index is 12.2. The van der Waals surface area contributed by atoms with Crippen molar-refractivity contribution in [3.63, 3.8) is 0 Å². The Labute approximate surface area is 136 Å². The third-order valence-electron chi connectivity index (χ3n) is 3.23. The van der Waals surface area contributed by atoms with Crippen LogP contribution in [0.25, 0.3) is 0 Å². The Kier molecular flexibility index (Phi) is 5.48. The third-order valence-corrected chi connectivity index (χ3v) is 4.26. The number of nitrogens with one attached hydrogen (secondary N) is 1. The zero-order valence-electron chi connectivity index (χ0n) is 12.2. The molecular weight excluding hydrogens is 316 g/mol. The van der Waals surface area contributed by atoms with E-state index in [0.29, 0.717) is 11.3 Å². The van der Waals surface area contributed by atoms with Crippen molar-refractivity contribution in [2.75, 3.05) is 5.32 Å². The maximum Gasteiger partial charge on any atom is 0.304 e. The fourth-order valence-electron chi connectivity index (χ4n) is 2.19. The second-order valence-corrected chi connectivity index (χ2v) is 5.99. The number of aliphatic carboxylic acids is 1. The molecule has 0 radical (unpaired) electrons. The van der Waals surface area contributed by atoms with E-state index in [4.69, 9.17) is 10.8 Å². The highest BCUT2D eigenvalue weighted by Crippen LogP contribution is 2.28. The van der Waals surface area contributed by atoms with Crippen LogP contribution in [0.1, 0.15) is 34.0 Å². The van der Waals surface area contributed by atoms with Crippen LogP contribution in [-0.2, 0) is 9.59 Å². The van der Waals surface area contributed by atoms with Gasteiger partial charge in [-0.3, -0.25) is 14.4 Å². The summed E-state index contributed by atoms with van der Waals surface area (Å²) in [5.41, 5.74) is 5.94. The van der Waals surface area contributed by atoms with Gasteiger partial charge in [-0.05, 0) is 29.6 Å². The molecule has 1 heterocycles. The van der Waals surface area contributed by atoms with Gasteiger partial charge in [-0.15, -0.1) is 11.3 Å². The van der Waals surface area contributed by atoms with Crippen molar-refractivity contribution in [1.82, 2.24) is 0 Å². The number of carboxylic acid groups (broad SMARTS) is 1. The van der Waals surface area contributed by atoms with Crippen molar-refractivity contribution >= 4 is 34.8 Å². The summed E-state index contributed by atoms with van der Waals surface area (Å²) in [7, 11) is 0. The summed E-state index contributed by atoms with van der Waals surface area (Å²) in [6, 6.07) is 9.93. The molecule has 6 nitrogen and oxygen atoms in total. The lowest BCUT2D eigenvalue weighted by Gasteiger charge is -2.13. The van der Waals surface area contributed by atoms with Crippen molar-refractivity contribution in [2.45, 2.75) is 18.8 Å². The highest BCUT2D eigenvalue weighted by molar-refractivity contribution is 7.10. The summed E-state index contributed by atoms with van der Waals surface area (Å²) in [4.78, 5) is 35.1. The molecule has 0 aliphatic carbocycles. The molecule has 23 heavy (non-hydrogen) atoms. The highest BCUT2D eigenvalue weighted by Gasteiger charge is 2.20. The third kappa shape index (κ3) is 4.93. The molecule has 0 unspecified atom stereocenters. The highest BCUT2D eigenvalue weighted by atomic mass is 32.1. The van der Waals surface area contributed by atoms with Crippen LogP contribution in [0.3, 0.4) is 0 Å². The largest absolute Gasteiger partial charge is 0.481 e. The lowest BCUT2D eigenvalue weighted by Crippen LogP contribution is -2.18. The van der Waals surface area contributed by atoms with E-state index in [0.717, 1.165) is 4.88 Å². The first-order valence-corrected chi connectivity index (χ1v) is 7.78. The van der Waals surface area contributed by atoms with Crippen LogP contribution in [0.2, 0.25) is 0 Å². The minimum Gasteiger partial charge on any atom is -0.481 e. The zero-order valence-corrected chi connectivity index (χ0v) is 13.0. The SMILES string of the molecule is NC(=O)c1cccc(NC(=O)C[C@H](CC(=O)O)c2cccs2)c1. The number of rotatable bonds is 7. The van der Waals surface area contributed by atoms with E-state index in [2.05, 4.69) is 5.32 Å². The molecule has 0 spiro atoms. The molecule has 2 amide bonds. The monoisotopic (exact) mass is 332 g/mol. The van der Waals surface area contributed by atoms with Crippen LogP contribution < -0.4 is 11.1 Å². The first-order chi connectivity index (χ1) is 11.0. The van der Waals surface area contributed by atoms with E-state index in [1.807, 2.05) is 17.5 Å². The van der Waals surface area contributed by atoms with E-state index < -0.39 is 11.9 Å². The Balaban J connectivity index is 2.06. The molecule has 1 aromatic heterocycles. The average molecular weight is 332 g/mol. The Morgan fingerprint density at radius 3 is 2.57 bits per heavy atom. The quantitative estimate of drug-likeness (QED) is 0.723. The summed E-state index contributed by atoms with van der Waals surface area (Å²) in [5, 5.41) is 13.5. The van der Waals surface area contributed by atoms with Crippen molar-refractivity contribution in [3.8, 4) is 0 Å². The van der Waals surface area contributed by atoms with E-state index in [9.17, 15) is 14.4 Å². The van der Waals surface area contributed by atoms with Crippen LogP contribution in [0.15, 0.2) is 41.8 Å². The molecule has 0 fully saturated rings. The standard InChI is InChI=1S/C16H16N2O4S/c17-16(22)10-3-1-4-12(7-10)18-14(19)8-11(9-15(20)21)13-5-2-6-23-13/h1-7,11H,8-9H2,(H2,17,22)(H,18,19)(H,20,21)/t11-/m1/s1. The molecule has 2 rings (SSSR count). The van der Waals surface area contributed by atoms with Crippen molar-refractivity contribution in [3.05, 3.63) is 52.2 Å². The maximum atomic E-state index is 12.2. The minimum atomic E-state index is -0.952. The van der Waals surface area contributed by atoms with Gasteiger partial charge < -0.3 is 16.2 Å². The topological polar surface area (TPSA) is 109 Å². The number of carbonyl (C=O) groups excluding carboxylic acids is 2. The lowest BCUT2D eigenvalue weighted by molar-refractivity contribution is -0.137. The number of anilines is 1. The fourth-order valence-corrected chi connectivity index (χ4v) is 3.02. The number of hydrogen-bond acceptors (Lipinski definition) is 4. The number of thiophene rings is 1. The summed E-state index contributed by atoms with van der Waals surface area (Å²) in [5.74, 6) is -2.23. The van der Waals surface area contributed by atoms with Gasteiger partial charge in [0.15, 0.2) is 0 Å². The van der Waals surface area contributed by atoms with Gasteiger partial charge in [0.25, 0.3) is 0 Å². The second-order valence-electron chi connectivity index (χ2n) is 5.01. The van der Waals surface area contributed by atoms with Crippen molar-refractivity contribution in [1.29, 1.82) is 0 Å². The molecule has 0 aliphatic rings. The zero-order chi connectivity index (χ0) is 16.8. The van der Waals surface area contributed by atoms with Crippen LogP contribution in [0.5, 0.6) is 0 Å². The number of nitrogens with two attached hydrogens (primary N) is 1. The fraction of sp³-hybridized carbons (Fsp3) is 0.188. The van der Waals surface area contributed by atoms with E-state index >= 15 is 0 Å². The van der Waals surface area contributed by atoms with Crippen LogP contribution in [0, 0.1) is 0 Å². The summed E-state index contributed by atoms with van der Waals surface area (Å²) >= 11 is 1.42. The molecule has 4 N–H and O–H groups in total. The molecular formula is C16H16N2O4S. The van der Waals surface area contributed by atoms with Crippen LogP contribution in [0.4, 0.5) is 5.69 Å². The smallest absolute Gasteiger partial charge is 0.304 e. The number of hydrogen-bond donors (Lipinski definition) is 3. The number of primary amides is 1. The summed E-state index contributed by atoms with van der Waals surface area (Å²) < 4.78 is 0. The first kappa shape index (κ1) is 16.7. The van der Waals surface area contributed by atoms with E-state index in [1.165, 1.54) is 17.4 Å². The van der Waals surface area contributed by atoms with Gasteiger partial charge in [-0.1, -0.05) is 12.1 Å². The normalized spacial score (nSPS) is 11.7. The van der Waals surface area contributed by atoms with Gasteiger partial charge in [0, 0.05) is 28.5 Å². The molecule has 0 aliphatic heterocycles. The van der Waals surface area contributed by atoms with Crippen molar-refractivity contribution in [2.24, 2.45) is 5.73 Å². The number of benzene rings is 1. The number of carboxylic acids is 1.